The van der Waals surface area contributed by atoms with E-state index in [-0.39, 0.29) is 30.2 Å². The van der Waals surface area contributed by atoms with E-state index < -0.39 is 0 Å². The van der Waals surface area contributed by atoms with Crippen LogP contribution in [-0.2, 0) is 14.3 Å². The number of aromatic nitrogens is 2. The van der Waals surface area contributed by atoms with Crippen molar-refractivity contribution in [2.24, 2.45) is 5.92 Å². The molecule has 0 radical (unpaired) electrons. The summed E-state index contributed by atoms with van der Waals surface area (Å²) in [5.74, 6) is -0.797. The van der Waals surface area contributed by atoms with Crippen LogP contribution >= 0.6 is 15.9 Å². The lowest BCUT2D eigenvalue weighted by molar-refractivity contribution is -0.151. The lowest BCUT2D eigenvalue weighted by Crippen LogP contribution is -2.45. The highest BCUT2D eigenvalue weighted by Crippen LogP contribution is 2.21. The second-order valence-corrected chi connectivity index (χ2v) is 8.16. The molecule has 2 heterocycles. The summed E-state index contributed by atoms with van der Waals surface area (Å²) in [7, 11) is 1.59. The van der Waals surface area contributed by atoms with Gasteiger partial charge in [-0.2, -0.15) is 5.10 Å². The summed E-state index contributed by atoms with van der Waals surface area (Å²) in [6.07, 6.45) is 1.17. The first kappa shape index (κ1) is 22.0. The van der Waals surface area contributed by atoms with E-state index in [1.54, 1.807) is 24.9 Å². The lowest BCUT2D eigenvalue weighted by Gasteiger charge is -2.32. The van der Waals surface area contributed by atoms with Crippen molar-refractivity contribution in [3.63, 3.8) is 0 Å². The third-order valence-electron chi connectivity index (χ3n) is 5.13. The minimum Gasteiger partial charge on any atom is -0.466 e. The Bertz CT molecular complexity index is 904. The molecule has 30 heavy (non-hydrogen) atoms. The number of esters is 1. The zero-order chi connectivity index (χ0) is 21.7. The number of hydrogen-bond donors (Lipinski definition) is 1. The Hall–Kier alpha value is -2.68. The maximum absolute atomic E-state index is 12.7. The van der Waals surface area contributed by atoms with Crippen molar-refractivity contribution in [2.45, 2.75) is 19.8 Å². The number of aromatic amines is 1. The highest BCUT2D eigenvalue weighted by Gasteiger charge is 2.29. The van der Waals surface area contributed by atoms with Crippen molar-refractivity contribution in [3.05, 3.63) is 40.5 Å². The average Bonchev–Trinajstić information content (AvgIpc) is 3.24. The molecule has 2 amide bonds. The molecule has 3 rings (SSSR count). The monoisotopic (exact) mass is 476 g/mol. The third kappa shape index (κ3) is 5.27. The molecule has 1 saturated heterocycles. The van der Waals surface area contributed by atoms with Gasteiger partial charge in [-0.25, -0.2) is 0 Å². The smallest absolute Gasteiger partial charge is 0.309 e. The minimum absolute atomic E-state index is 0.0322. The molecular formula is C21H25BrN4O4. The van der Waals surface area contributed by atoms with E-state index in [1.165, 1.54) is 4.90 Å². The van der Waals surface area contributed by atoms with Gasteiger partial charge in [0.05, 0.1) is 24.8 Å². The average molecular weight is 477 g/mol. The fraction of sp³-hybridized carbons (Fsp3) is 0.429. The van der Waals surface area contributed by atoms with Crippen molar-refractivity contribution in [1.82, 2.24) is 20.0 Å². The zero-order valence-corrected chi connectivity index (χ0v) is 18.6. The van der Waals surface area contributed by atoms with Crippen LogP contribution < -0.4 is 0 Å². The Morgan fingerprint density at radius 1 is 1.23 bits per heavy atom. The van der Waals surface area contributed by atoms with Crippen molar-refractivity contribution >= 4 is 33.7 Å². The number of ether oxygens (including phenoxy) is 1. The highest BCUT2D eigenvalue weighted by atomic mass is 79.9. The van der Waals surface area contributed by atoms with Crippen LogP contribution in [0.15, 0.2) is 34.8 Å². The molecule has 0 bridgehead atoms. The number of nitrogens with one attached hydrogen (secondary N) is 1. The third-order valence-corrected chi connectivity index (χ3v) is 5.66. The molecule has 0 atom stereocenters. The number of halogens is 1. The molecule has 1 aliphatic heterocycles. The first-order valence-electron chi connectivity index (χ1n) is 9.90. The van der Waals surface area contributed by atoms with Gasteiger partial charge in [-0.3, -0.25) is 19.5 Å². The van der Waals surface area contributed by atoms with Gasteiger partial charge in [0.2, 0.25) is 5.91 Å². The number of likely N-dealkylation sites (tertiary alicyclic amines) is 1. The lowest BCUT2D eigenvalue weighted by atomic mass is 9.97. The van der Waals surface area contributed by atoms with Crippen molar-refractivity contribution in [3.8, 4) is 11.3 Å². The van der Waals surface area contributed by atoms with E-state index in [4.69, 9.17) is 4.74 Å². The van der Waals surface area contributed by atoms with Crippen LogP contribution in [0.5, 0.6) is 0 Å². The summed E-state index contributed by atoms with van der Waals surface area (Å²) in [4.78, 5) is 40.2. The molecule has 1 aromatic carbocycles. The number of benzene rings is 1. The molecule has 1 aliphatic rings. The van der Waals surface area contributed by atoms with Gasteiger partial charge in [0.15, 0.2) is 0 Å². The molecule has 9 heteroatoms. The molecule has 8 nitrogen and oxygen atoms in total. The van der Waals surface area contributed by atoms with E-state index in [9.17, 15) is 14.4 Å². The van der Waals surface area contributed by atoms with Crippen molar-refractivity contribution < 1.29 is 19.1 Å². The number of piperidine rings is 1. The van der Waals surface area contributed by atoms with Crippen LogP contribution in [-0.4, -0.2) is 71.1 Å². The molecule has 0 spiro atoms. The zero-order valence-electron chi connectivity index (χ0n) is 17.1. The van der Waals surface area contributed by atoms with Crippen LogP contribution in [0, 0.1) is 5.92 Å². The van der Waals surface area contributed by atoms with Gasteiger partial charge in [-0.05, 0) is 38.0 Å². The summed E-state index contributed by atoms with van der Waals surface area (Å²) in [5, 5.41) is 6.95. The number of carbonyl (C=O) groups is 3. The largest absolute Gasteiger partial charge is 0.466 e. The number of amides is 2. The fourth-order valence-corrected chi connectivity index (χ4v) is 3.67. The number of rotatable bonds is 6. The Kier molecular flexibility index (Phi) is 7.25. The molecule has 160 valence electrons. The summed E-state index contributed by atoms with van der Waals surface area (Å²) < 4.78 is 6.02. The summed E-state index contributed by atoms with van der Waals surface area (Å²) >= 11 is 3.39. The Morgan fingerprint density at radius 3 is 2.53 bits per heavy atom. The Morgan fingerprint density at radius 2 is 1.90 bits per heavy atom. The van der Waals surface area contributed by atoms with Crippen LogP contribution in [0.1, 0.15) is 30.3 Å². The Labute approximate surface area is 183 Å². The number of likely N-dealkylation sites (N-methyl/N-ethyl adjacent to an activating group) is 1. The number of H-pyrrole nitrogens is 1. The van der Waals surface area contributed by atoms with Crippen molar-refractivity contribution in [2.75, 3.05) is 33.3 Å². The topological polar surface area (TPSA) is 95.6 Å². The number of hydrogen-bond acceptors (Lipinski definition) is 5. The SMILES string of the molecule is CCOC(=O)C1CCN(C(=O)CN(C)C(=O)c2cc(-c3ccc(Br)cc3)n[nH]2)CC1. The van der Waals surface area contributed by atoms with Crippen LogP contribution in [0.4, 0.5) is 0 Å². The van der Waals surface area contributed by atoms with E-state index in [2.05, 4.69) is 26.1 Å². The van der Waals surface area contributed by atoms with Gasteiger partial charge >= 0.3 is 5.97 Å². The van der Waals surface area contributed by atoms with Crippen LogP contribution in [0.2, 0.25) is 0 Å². The van der Waals surface area contributed by atoms with E-state index in [0.717, 1.165) is 10.0 Å². The maximum atomic E-state index is 12.7. The number of carbonyl (C=O) groups excluding carboxylic acids is 3. The molecule has 1 N–H and O–H groups in total. The molecule has 1 aromatic heterocycles. The van der Waals surface area contributed by atoms with E-state index in [1.807, 2.05) is 24.3 Å². The standard InChI is InChI=1S/C21H25BrN4O4/c1-3-30-21(29)15-8-10-26(11-9-15)19(27)13-25(2)20(28)18-12-17(23-24-18)14-4-6-16(22)7-5-14/h4-7,12,15H,3,8-11,13H2,1-2H3,(H,23,24). The molecule has 0 aliphatic carbocycles. The van der Waals surface area contributed by atoms with Gasteiger partial charge in [-0.15, -0.1) is 0 Å². The summed E-state index contributed by atoms with van der Waals surface area (Å²) in [6.45, 7) is 3.09. The normalized spacial score (nSPS) is 14.4. The van der Waals surface area contributed by atoms with Crippen LogP contribution in [0.3, 0.4) is 0 Å². The molecule has 0 unspecified atom stereocenters. The van der Waals surface area contributed by atoms with Crippen LogP contribution in [0.25, 0.3) is 11.3 Å². The van der Waals surface area contributed by atoms with Crippen molar-refractivity contribution in [1.29, 1.82) is 0 Å². The second kappa shape index (κ2) is 9.88. The molecular weight excluding hydrogens is 452 g/mol. The van der Waals surface area contributed by atoms with E-state index in [0.29, 0.717) is 43.9 Å². The second-order valence-electron chi connectivity index (χ2n) is 7.24. The molecule has 2 aromatic rings. The number of nitrogens with zero attached hydrogens (tertiary/aromatic N) is 3. The predicted octanol–water partition coefficient (Wildman–Crippen LogP) is 2.71. The first-order chi connectivity index (χ1) is 14.4. The maximum Gasteiger partial charge on any atom is 0.309 e. The van der Waals surface area contributed by atoms with Gasteiger partial charge in [0.1, 0.15) is 5.69 Å². The quantitative estimate of drug-likeness (QED) is 0.646. The predicted molar refractivity (Wildman–Crippen MR) is 115 cm³/mol. The Balaban J connectivity index is 1.54. The summed E-state index contributed by atoms with van der Waals surface area (Å²) in [5.41, 5.74) is 1.87. The molecule has 0 saturated carbocycles. The van der Waals surface area contributed by atoms with Gasteiger partial charge in [-0.1, -0.05) is 28.1 Å². The minimum atomic E-state index is -0.305. The first-order valence-corrected chi connectivity index (χ1v) is 10.7. The fourth-order valence-electron chi connectivity index (χ4n) is 3.40. The molecule has 1 fully saturated rings. The highest BCUT2D eigenvalue weighted by molar-refractivity contribution is 9.10. The van der Waals surface area contributed by atoms with Gasteiger partial charge in [0, 0.05) is 30.2 Å². The summed E-state index contributed by atoms with van der Waals surface area (Å²) in [6, 6.07) is 9.30. The van der Waals surface area contributed by atoms with Gasteiger partial charge in [0.25, 0.3) is 5.91 Å². The van der Waals surface area contributed by atoms with Gasteiger partial charge < -0.3 is 14.5 Å². The van der Waals surface area contributed by atoms with E-state index >= 15 is 0 Å².